The van der Waals surface area contributed by atoms with Gasteiger partial charge in [-0.15, -0.1) is 0 Å². The van der Waals surface area contributed by atoms with Crippen LogP contribution >= 0.6 is 0 Å². The van der Waals surface area contributed by atoms with Crippen molar-refractivity contribution in [3.63, 3.8) is 0 Å². The molecule has 0 spiro atoms. The van der Waals surface area contributed by atoms with Gasteiger partial charge in [-0.05, 0) is 0 Å². The lowest BCUT2D eigenvalue weighted by Crippen LogP contribution is -2.37. The molecule has 1 rings (SSSR count). The molecule has 94 valence electrons. The standard InChI is InChI=1S/C8H10F4O4/c9-7(10)8(11,12)2-16-4-1-3(13)5(14)6(4)15/h3-4,6-7,13,15H,1-2H2. The molecule has 2 N–H and O–H groups in total. The molecule has 1 fully saturated rings. The molecule has 0 bridgehead atoms. The van der Waals surface area contributed by atoms with Gasteiger partial charge < -0.3 is 14.9 Å². The summed E-state index contributed by atoms with van der Waals surface area (Å²) in [6, 6.07) is 0. The highest BCUT2D eigenvalue weighted by atomic mass is 19.3. The Morgan fingerprint density at radius 3 is 2.38 bits per heavy atom. The molecule has 8 heteroatoms. The first kappa shape index (κ1) is 13.3. The fraction of sp³-hybridized carbons (Fsp3) is 0.875. The lowest BCUT2D eigenvalue weighted by Gasteiger charge is -2.19. The Morgan fingerprint density at radius 1 is 1.44 bits per heavy atom. The van der Waals surface area contributed by atoms with Crippen molar-refractivity contribution in [2.24, 2.45) is 0 Å². The van der Waals surface area contributed by atoms with E-state index in [-0.39, 0.29) is 6.42 Å². The van der Waals surface area contributed by atoms with Crippen molar-refractivity contribution in [3.8, 4) is 0 Å². The summed E-state index contributed by atoms with van der Waals surface area (Å²) in [5, 5.41) is 18.0. The molecule has 0 saturated heterocycles. The zero-order valence-corrected chi connectivity index (χ0v) is 7.95. The minimum absolute atomic E-state index is 0.376. The number of hydrogen-bond acceptors (Lipinski definition) is 4. The van der Waals surface area contributed by atoms with Gasteiger partial charge in [0.25, 0.3) is 0 Å². The Hall–Kier alpha value is -0.730. The first-order chi connectivity index (χ1) is 7.25. The van der Waals surface area contributed by atoms with E-state index in [0.717, 1.165) is 0 Å². The second kappa shape index (κ2) is 4.64. The highest BCUT2D eigenvalue weighted by Crippen LogP contribution is 2.26. The molecule has 0 aliphatic heterocycles. The molecule has 0 aromatic heterocycles. The van der Waals surface area contributed by atoms with Crippen LogP contribution in [0.15, 0.2) is 0 Å². The van der Waals surface area contributed by atoms with Gasteiger partial charge in [0.05, 0.1) is 6.10 Å². The average molecular weight is 246 g/mol. The van der Waals surface area contributed by atoms with Gasteiger partial charge in [0, 0.05) is 6.42 Å². The molecule has 0 heterocycles. The van der Waals surface area contributed by atoms with Crippen LogP contribution in [0.3, 0.4) is 0 Å². The Morgan fingerprint density at radius 2 is 2.00 bits per heavy atom. The second-order valence-electron chi connectivity index (χ2n) is 3.51. The van der Waals surface area contributed by atoms with E-state index >= 15 is 0 Å². The molecule has 3 unspecified atom stereocenters. The fourth-order valence-corrected chi connectivity index (χ4v) is 1.29. The minimum atomic E-state index is -4.34. The van der Waals surface area contributed by atoms with Gasteiger partial charge in [-0.3, -0.25) is 4.79 Å². The summed E-state index contributed by atoms with van der Waals surface area (Å²) in [4.78, 5) is 10.9. The predicted molar refractivity (Wildman–Crippen MR) is 42.3 cm³/mol. The maximum atomic E-state index is 12.4. The molecule has 4 nitrogen and oxygen atoms in total. The molecule has 1 aliphatic rings. The van der Waals surface area contributed by atoms with E-state index in [9.17, 15) is 22.4 Å². The van der Waals surface area contributed by atoms with E-state index in [0.29, 0.717) is 0 Å². The summed E-state index contributed by atoms with van der Waals surface area (Å²) in [5.41, 5.74) is 0. The number of aliphatic hydroxyl groups is 2. The molecule has 0 aromatic carbocycles. The van der Waals surface area contributed by atoms with Crippen LogP contribution in [0.2, 0.25) is 0 Å². The monoisotopic (exact) mass is 246 g/mol. The molecule has 1 saturated carbocycles. The molecule has 3 atom stereocenters. The van der Waals surface area contributed by atoms with E-state index in [1.807, 2.05) is 0 Å². The number of rotatable bonds is 4. The van der Waals surface area contributed by atoms with Gasteiger partial charge in [0.2, 0.25) is 0 Å². The topological polar surface area (TPSA) is 66.8 Å². The Kier molecular flexibility index (Phi) is 3.87. The quantitative estimate of drug-likeness (QED) is 0.683. The SMILES string of the molecule is O=C1C(O)CC(OCC(F)(F)C(F)F)C1O. The second-order valence-corrected chi connectivity index (χ2v) is 3.51. The van der Waals surface area contributed by atoms with Gasteiger partial charge in [0.15, 0.2) is 5.78 Å². The zero-order valence-electron chi connectivity index (χ0n) is 7.95. The summed E-state index contributed by atoms with van der Waals surface area (Å²) in [7, 11) is 0. The van der Waals surface area contributed by atoms with E-state index in [2.05, 4.69) is 4.74 Å². The van der Waals surface area contributed by atoms with Crippen molar-refractivity contribution in [2.75, 3.05) is 6.61 Å². The molecule has 16 heavy (non-hydrogen) atoms. The summed E-state index contributed by atoms with van der Waals surface area (Å²) < 4.78 is 52.6. The van der Waals surface area contributed by atoms with Crippen LogP contribution in [-0.2, 0) is 9.53 Å². The number of hydrogen-bond donors (Lipinski definition) is 2. The van der Waals surface area contributed by atoms with Crippen molar-refractivity contribution >= 4 is 5.78 Å². The Bertz CT molecular complexity index is 271. The van der Waals surface area contributed by atoms with Crippen molar-refractivity contribution < 1.29 is 37.3 Å². The smallest absolute Gasteiger partial charge is 0.330 e. The maximum absolute atomic E-state index is 12.4. The predicted octanol–water partition coefficient (Wildman–Crippen LogP) is -0.0334. The lowest BCUT2D eigenvalue weighted by atomic mass is 10.2. The van der Waals surface area contributed by atoms with Gasteiger partial charge in [0.1, 0.15) is 18.8 Å². The third-order valence-electron chi connectivity index (χ3n) is 2.24. The molecule has 0 aromatic rings. The number of carbonyl (C=O) groups excluding carboxylic acids is 1. The lowest BCUT2D eigenvalue weighted by molar-refractivity contribution is -0.183. The zero-order chi connectivity index (χ0) is 12.5. The number of aliphatic hydroxyl groups excluding tert-OH is 2. The molecular weight excluding hydrogens is 236 g/mol. The van der Waals surface area contributed by atoms with E-state index in [1.54, 1.807) is 0 Å². The average Bonchev–Trinajstić information content (AvgIpc) is 2.43. The summed E-state index contributed by atoms with van der Waals surface area (Å²) in [5.74, 6) is -5.29. The number of halogens is 4. The van der Waals surface area contributed by atoms with Gasteiger partial charge in [-0.1, -0.05) is 0 Å². The highest BCUT2D eigenvalue weighted by Gasteiger charge is 2.46. The van der Waals surface area contributed by atoms with E-state index in [1.165, 1.54) is 0 Å². The minimum Gasteiger partial charge on any atom is -0.385 e. The number of ketones is 1. The summed E-state index contributed by atoms with van der Waals surface area (Å²) >= 11 is 0. The normalized spacial score (nSPS) is 31.4. The maximum Gasteiger partial charge on any atom is 0.330 e. The van der Waals surface area contributed by atoms with Crippen LogP contribution in [0.1, 0.15) is 6.42 Å². The molecule has 1 aliphatic carbocycles. The number of ether oxygens (including phenoxy) is 1. The third kappa shape index (κ3) is 2.69. The van der Waals surface area contributed by atoms with Crippen LogP contribution in [0.5, 0.6) is 0 Å². The molecule has 0 amide bonds. The number of carbonyl (C=O) groups is 1. The van der Waals surface area contributed by atoms with Crippen molar-refractivity contribution in [1.82, 2.24) is 0 Å². The van der Waals surface area contributed by atoms with Gasteiger partial charge in [-0.25, -0.2) is 8.78 Å². The third-order valence-corrected chi connectivity index (χ3v) is 2.24. The largest absolute Gasteiger partial charge is 0.385 e. The van der Waals surface area contributed by atoms with Crippen LogP contribution in [0.4, 0.5) is 17.6 Å². The Balaban J connectivity index is 2.48. The number of Topliss-reactive ketones (excluding diaryl/α,β-unsaturated/α-hetero) is 1. The van der Waals surface area contributed by atoms with Crippen molar-refractivity contribution in [1.29, 1.82) is 0 Å². The van der Waals surface area contributed by atoms with Gasteiger partial charge >= 0.3 is 12.3 Å². The van der Waals surface area contributed by atoms with Crippen molar-refractivity contribution in [3.05, 3.63) is 0 Å². The van der Waals surface area contributed by atoms with Crippen LogP contribution < -0.4 is 0 Å². The van der Waals surface area contributed by atoms with Crippen molar-refractivity contribution in [2.45, 2.75) is 37.1 Å². The van der Waals surface area contributed by atoms with E-state index in [4.69, 9.17) is 10.2 Å². The van der Waals surface area contributed by atoms with Crippen LogP contribution in [0, 0.1) is 0 Å². The van der Waals surface area contributed by atoms with Crippen LogP contribution in [0.25, 0.3) is 0 Å². The van der Waals surface area contributed by atoms with Gasteiger partial charge in [-0.2, -0.15) is 8.78 Å². The van der Waals surface area contributed by atoms with Crippen LogP contribution in [-0.4, -0.2) is 53.3 Å². The molecule has 0 radical (unpaired) electrons. The fourth-order valence-electron chi connectivity index (χ4n) is 1.29. The first-order valence-corrected chi connectivity index (χ1v) is 4.43. The molecular formula is C8H10F4O4. The Labute approximate surface area is 87.8 Å². The summed E-state index contributed by atoms with van der Waals surface area (Å²) in [6.07, 6.45) is -8.87. The van der Waals surface area contributed by atoms with E-state index < -0.39 is 43.0 Å². The summed E-state index contributed by atoms with van der Waals surface area (Å²) in [6.45, 7) is -1.60. The first-order valence-electron chi connectivity index (χ1n) is 4.43. The number of alkyl halides is 4. The highest BCUT2D eigenvalue weighted by molar-refractivity contribution is 5.89.